The molecule has 0 saturated carbocycles. The molecule has 3 heterocycles. The molecule has 0 unspecified atom stereocenters. The summed E-state index contributed by atoms with van der Waals surface area (Å²) < 4.78 is 32.0. The van der Waals surface area contributed by atoms with Crippen LogP contribution in [0.5, 0.6) is 0 Å². The highest BCUT2D eigenvalue weighted by atomic mass is 19.3. The predicted octanol–water partition coefficient (Wildman–Crippen LogP) is 0.857. The molecule has 106 valence electrons. The Morgan fingerprint density at radius 2 is 2.30 bits per heavy atom. The number of aromatic carboxylic acids is 1. The molecule has 3 rings (SSSR count). The summed E-state index contributed by atoms with van der Waals surface area (Å²) in [4.78, 5) is 16.3. The third-order valence-electron chi connectivity index (χ3n) is 2.90. The third-order valence-corrected chi connectivity index (χ3v) is 2.90. The van der Waals surface area contributed by atoms with Crippen LogP contribution in [0.1, 0.15) is 10.5 Å². The Hall–Kier alpha value is -2.29. The monoisotopic (exact) mass is 284 g/mol. The van der Waals surface area contributed by atoms with Crippen molar-refractivity contribution in [3.63, 3.8) is 0 Å². The van der Waals surface area contributed by atoms with Crippen molar-refractivity contribution in [3.05, 3.63) is 24.0 Å². The van der Waals surface area contributed by atoms with E-state index in [4.69, 9.17) is 5.11 Å². The molecule has 1 fully saturated rings. The molecule has 0 spiro atoms. The van der Waals surface area contributed by atoms with Crippen LogP contribution in [0.4, 0.5) is 14.6 Å². The van der Waals surface area contributed by atoms with Crippen molar-refractivity contribution in [2.45, 2.75) is 6.11 Å². The SMILES string of the molecule is O=C(O)c1cc2nc(N3CCOC(F)(F)C3)ccn2n1. The summed E-state index contributed by atoms with van der Waals surface area (Å²) in [7, 11) is 0. The number of nitrogens with zero attached hydrogens (tertiary/aromatic N) is 4. The van der Waals surface area contributed by atoms with Crippen LogP contribution < -0.4 is 4.90 Å². The van der Waals surface area contributed by atoms with Gasteiger partial charge in [-0.2, -0.15) is 13.9 Å². The van der Waals surface area contributed by atoms with Gasteiger partial charge in [0.25, 0.3) is 0 Å². The van der Waals surface area contributed by atoms with Crippen molar-refractivity contribution in [1.29, 1.82) is 0 Å². The van der Waals surface area contributed by atoms with Gasteiger partial charge in [-0.15, -0.1) is 0 Å². The molecule has 0 amide bonds. The Bertz CT molecular complexity index is 673. The van der Waals surface area contributed by atoms with E-state index in [1.165, 1.54) is 27.7 Å². The molecule has 2 aromatic heterocycles. The van der Waals surface area contributed by atoms with Gasteiger partial charge in [0.2, 0.25) is 0 Å². The number of carboxylic acid groups (broad SMARTS) is 1. The zero-order chi connectivity index (χ0) is 14.3. The smallest absolute Gasteiger partial charge is 0.373 e. The van der Waals surface area contributed by atoms with Crippen molar-refractivity contribution in [3.8, 4) is 0 Å². The molecule has 20 heavy (non-hydrogen) atoms. The van der Waals surface area contributed by atoms with Gasteiger partial charge in [-0.3, -0.25) is 0 Å². The van der Waals surface area contributed by atoms with Crippen LogP contribution in [0, 0.1) is 0 Å². The van der Waals surface area contributed by atoms with Crippen LogP contribution in [0.2, 0.25) is 0 Å². The maximum Gasteiger partial charge on any atom is 0.373 e. The second-order valence-electron chi connectivity index (χ2n) is 4.33. The molecule has 2 aromatic rings. The van der Waals surface area contributed by atoms with Crippen molar-refractivity contribution in [2.75, 3.05) is 24.6 Å². The average molecular weight is 284 g/mol. The highest BCUT2D eigenvalue weighted by Gasteiger charge is 2.37. The molecule has 0 aliphatic carbocycles. The summed E-state index contributed by atoms with van der Waals surface area (Å²) in [5.74, 6) is -0.840. The van der Waals surface area contributed by atoms with E-state index in [1.54, 1.807) is 0 Å². The van der Waals surface area contributed by atoms with Gasteiger partial charge in [0.1, 0.15) is 12.4 Å². The average Bonchev–Trinajstić information content (AvgIpc) is 2.80. The number of anilines is 1. The molecule has 7 nitrogen and oxygen atoms in total. The minimum absolute atomic E-state index is 0.0977. The van der Waals surface area contributed by atoms with Gasteiger partial charge in [-0.05, 0) is 6.07 Å². The minimum atomic E-state index is -3.21. The number of fused-ring (bicyclic) bond motifs is 1. The van der Waals surface area contributed by atoms with Crippen LogP contribution in [0.15, 0.2) is 18.3 Å². The van der Waals surface area contributed by atoms with Crippen LogP contribution >= 0.6 is 0 Å². The fourth-order valence-electron chi connectivity index (χ4n) is 2.00. The molecule has 1 N–H and O–H groups in total. The summed E-state index contributed by atoms with van der Waals surface area (Å²) in [5.41, 5.74) is 0.136. The van der Waals surface area contributed by atoms with E-state index < -0.39 is 18.6 Å². The molecule has 0 atom stereocenters. The van der Waals surface area contributed by atoms with E-state index in [-0.39, 0.29) is 17.9 Å². The van der Waals surface area contributed by atoms with Crippen LogP contribution in [-0.4, -0.2) is 51.5 Å². The van der Waals surface area contributed by atoms with Crippen LogP contribution in [0.3, 0.4) is 0 Å². The number of morpholine rings is 1. The van der Waals surface area contributed by atoms with E-state index in [1.807, 2.05) is 0 Å². The Morgan fingerprint density at radius 1 is 1.50 bits per heavy atom. The second kappa shape index (κ2) is 4.37. The number of aromatic nitrogens is 3. The van der Waals surface area contributed by atoms with E-state index in [0.29, 0.717) is 12.4 Å². The van der Waals surface area contributed by atoms with Gasteiger partial charge in [0, 0.05) is 18.8 Å². The highest BCUT2D eigenvalue weighted by molar-refractivity contribution is 5.86. The van der Waals surface area contributed by atoms with E-state index in [2.05, 4.69) is 14.8 Å². The van der Waals surface area contributed by atoms with Crippen molar-refractivity contribution in [2.24, 2.45) is 0 Å². The Morgan fingerprint density at radius 3 is 3.00 bits per heavy atom. The van der Waals surface area contributed by atoms with Gasteiger partial charge in [0.05, 0.1) is 6.61 Å². The predicted molar refractivity (Wildman–Crippen MR) is 63.1 cm³/mol. The lowest BCUT2D eigenvalue weighted by molar-refractivity contribution is -0.240. The van der Waals surface area contributed by atoms with E-state index >= 15 is 0 Å². The molecule has 0 aromatic carbocycles. The van der Waals surface area contributed by atoms with Gasteiger partial charge in [-0.1, -0.05) is 0 Å². The Balaban J connectivity index is 1.94. The first-order chi connectivity index (χ1) is 9.44. The summed E-state index contributed by atoms with van der Waals surface area (Å²) in [6.07, 6.45) is -1.73. The zero-order valence-electron chi connectivity index (χ0n) is 10.2. The van der Waals surface area contributed by atoms with Crippen LogP contribution in [0.25, 0.3) is 5.65 Å². The molecule has 1 aliphatic rings. The summed E-state index contributed by atoms with van der Waals surface area (Å²) >= 11 is 0. The van der Waals surface area contributed by atoms with Crippen molar-refractivity contribution in [1.82, 2.24) is 14.6 Å². The molecular formula is C11H10F2N4O3. The number of hydrogen-bond acceptors (Lipinski definition) is 5. The number of hydrogen-bond donors (Lipinski definition) is 1. The minimum Gasteiger partial charge on any atom is -0.476 e. The molecule has 0 bridgehead atoms. The van der Waals surface area contributed by atoms with E-state index in [9.17, 15) is 13.6 Å². The normalized spacial score (nSPS) is 18.4. The van der Waals surface area contributed by atoms with Crippen molar-refractivity contribution < 1.29 is 23.4 Å². The Labute approximate surface area is 111 Å². The van der Waals surface area contributed by atoms with Gasteiger partial charge >= 0.3 is 12.1 Å². The van der Waals surface area contributed by atoms with Gasteiger partial charge < -0.3 is 14.7 Å². The van der Waals surface area contributed by atoms with Crippen LogP contribution in [-0.2, 0) is 4.74 Å². The number of halogens is 2. The Kier molecular flexibility index (Phi) is 2.78. The number of alkyl halides is 2. The lowest BCUT2D eigenvalue weighted by atomic mass is 10.3. The number of carboxylic acids is 1. The van der Waals surface area contributed by atoms with Gasteiger partial charge in [-0.25, -0.2) is 14.3 Å². The zero-order valence-corrected chi connectivity index (χ0v) is 10.2. The lowest BCUT2D eigenvalue weighted by Gasteiger charge is -2.32. The third kappa shape index (κ3) is 2.27. The molecule has 1 aliphatic heterocycles. The molecular weight excluding hydrogens is 274 g/mol. The molecule has 1 saturated heterocycles. The van der Waals surface area contributed by atoms with E-state index in [0.717, 1.165) is 0 Å². The summed E-state index contributed by atoms with van der Waals surface area (Å²) in [6.45, 7) is -0.395. The fraction of sp³-hybridized carbons (Fsp3) is 0.364. The highest BCUT2D eigenvalue weighted by Crippen LogP contribution is 2.24. The largest absolute Gasteiger partial charge is 0.476 e. The molecule has 9 heteroatoms. The number of carbonyl (C=O) groups is 1. The lowest BCUT2D eigenvalue weighted by Crippen LogP contribution is -2.47. The number of ether oxygens (including phenoxy) is 1. The summed E-state index contributed by atoms with van der Waals surface area (Å²) in [6, 6.07) is 2.79. The maximum atomic E-state index is 13.2. The second-order valence-corrected chi connectivity index (χ2v) is 4.33. The topological polar surface area (TPSA) is 80.0 Å². The first-order valence-corrected chi connectivity index (χ1v) is 5.81. The maximum absolute atomic E-state index is 13.2. The number of rotatable bonds is 2. The molecule has 0 radical (unpaired) electrons. The first-order valence-electron chi connectivity index (χ1n) is 5.81. The fourth-order valence-corrected chi connectivity index (χ4v) is 2.00. The van der Waals surface area contributed by atoms with Crippen molar-refractivity contribution >= 4 is 17.4 Å². The van der Waals surface area contributed by atoms with Gasteiger partial charge in [0.15, 0.2) is 11.3 Å². The standard InChI is InChI=1S/C11H10F2N4O3/c12-11(13)6-16(3-4-20-11)8-1-2-17-9(14-8)5-7(15-17)10(18)19/h1-2,5H,3-4,6H2,(H,18,19). The first kappa shape index (κ1) is 12.7. The quantitative estimate of drug-likeness (QED) is 0.881. The summed E-state index contributed by atoms with van der Waals surface area (Å²) in [5, 5.41) is 12.6.